The van der Waals surface area contributed by atoms with E-state index in [9.17, 15) is 0 Å². The van der Waals surface area contributed by atoms with Gasteiger partial charge in [-0.1, -0.05) is 26.7 Å². The van der Waals surface area contributed by atoms with Crippen molar-refractivity contribution in [2.45, 2.75) is 71.4 Å². The second-order valence-electron chi connectivity index (χ2n) is 5.43. The molecule has 0 aliphatic heterocycles. The number of rotatable bonds is 9. The normalized spacial score (nSPS) is 25.9. The zero-order valence-electron chi connectivity index (χ0n) is 11.7. The summed E-state index contributed by atoms with van der Waals surface area (Å²) in [5.41, 5.74) is 3.01. The number of hydrazine groups is 1. The smallest absolute Gasteiger partial charge is 0.0580 e. The van der Waals surface area contributed by atoms with Gasteiger partial charge in [0.2, 0.25) is 0 Å². The van der Waals surface area contributed by atoms with Gasteiger partial charge in [-0.25, -0.2) is 0 Å². The molecule has 1 rings (SSSR count). The van der Waals surface area contributed by atoms with Gasteiger partial charge < -0.3 is 4.74 Å². The third kappa shape index (κ3) is 4.94. The van der Waals surface area contributed by atoms with Crippen molar-refractivity contribution in [2.75, 3.05) is 6.61 Å². The van der Waals surface area contributed by atoms with Crippen molar-refractivity contribution in [1.82, 2.24) is 5.43 Å². The summed E-state index contributed by atoms with van der Waals surface area (Å²) in [6.07, 6.45) is 7.96. The second kappa shape index (κ2) is 8.06. The molecule has 0 amide bonds. The van der Waals surface area contributed by atoms with Gasteiger partial charge in [0.05, 0.1) is 6.10 Å². The molecule has 0 spiro atoms. The van der Waals surface area contributed by atoms with E-state index in [0.29, 0.717) is 12.1 Å². The fourth-order valence-corrected chi connectivity index (χ4v) is 2.90. The number of ether oxygens (including phenoxy) is 1. The van der Waals surface area contributed by atoms with Crippen LogP contribution < -0.4 is 11.3 Å². The molecule has 0 aromatic rings. The summed E-state index contributed by atoms with van der Waals surface area (Å²) in [4.78, 5) is 0. The lowest BCUT2D eigenvalue weighted by Gasteiger charge is -2.37. The Balaban J connectivity index is 2.19. The third-order valence-corrected chi connectivity index (χ3v) is 4.22. The van der Waals surface area contributed by atoms with Gasteiger partial charge in [-0.15, -0.1) is 0 Å². The molecule has 1 atom stereocenters. The lowest BCUT2D eigenvalue weighted by molar-refractivity contribution is -0.0296. The molecule has 0 radical (unpaired) electrons. The van der Waals surface area contributed by atoms with E-state index in [1.54, 1.807) is 0 Å². The van der Waals surface area contributed by atoms with Crippen molar-refractivity contribution < 1.29 is 4.74 Å². The second-order valence-corrected chi connectivity index (χ2v) is 5.43. The lowest BCUT2D eigenvalue weighted by atomic mass is 9.77. The van der Waals surface area contributed by atoms with Crippen LogP contribution >= 0.6 is 0 Å². The van der Waals surface area contributed by atoms with Crippen molar-refractivity contribution in [2.24, 2.45) is 17.7 Å². The monoisotopic (exact) mass is 242 g/mol. The summed E-state index contributed by atoms with van der Waals surface area (Å²) in [7, 11) is 0. The van der Waals surface area contributed by atoms with Crippen molar-refractivity contribution in [1.29, 1.82) is 0 Å². The highest BCUT2D eigenvalue weighted by Gasteiger charge is 2.31. The van der Waals surface area contributed by atoms with Crippen LogP contribution in [0.1, 0.15) is 59.3 Å². The zero-order chi connectivity index (χ0) is 12.7. The molecular formula is C14H30N2O. The minimum atomic E-state index is 0.493. The van der Waals surface area contributed by atoms with Crippen LogP contribution in [-0.4, -0.2) is 18.8 Å². The molecule has 1 aliphatic rings. The highest BCUT2D eigenvalue weighted by atomic mass is 16.5. The molecular weight excluding hydrogens is 212 g/mol. The van der Waals surface area contributed by atoms with E-state index in [4.69, 9.17) is 10.6 Å². The van der Waals surface area contributed by atoms with Crippen LogP contribution in [0.2, 0.25) is 0 Å². The van der Waals surface area contributed by atoms with Gasteiger partial charge in [0.15, 0.2) is 0 Å². The molecule has 1 fully saturated rings. The maximum absolute atomic E-state index is 5.67. The molecule has 3 nitrogen and oxygen atoms in total. The quantitative estimate of drug-likeness (QED) is 0.483. The van der Waals surface area contributed by atoms with Gasteiger partial charge in [-0.05, 0) is 44.4 Å². The molecule has 0 bridgehead atoms. The predicted molar refractivity (Wildman–Crippen MR) is 72.6 cm³/mol. The van der Waals surface area contributed by atoms with Gasteiger partial charge in [0.1, 0.15) is 0 Å². The standard InChI is InChI=1S/C14H30N2O/c1-4-11(5-2)7-13(16-15)8-12-9-14(10-12)17-6-3/h11-14,16H,4-10,15H2,1-3H3. The molecule has 3 heteroatoms. The Hall–Kier alpha value is -0.120. The number of hydrogen-bond acceptors (Lipinski definition) is 3. The minimum Gasteiger partial charge on any atom is -0.378 e. The highest BCUT2D eigenvalue weighted by molar-refractivity contribution is 4.84. The maximum atomic E-state index is 5.67. The number of hydrogen-bond donors (Lipinski definition) is 2. The fraction of sp³-hybridized carbons (Fsp3) is 1.00. The van der Waals surface area contributed by atoms with E-state index < -0.39 is 0 Å². The lowest BCUT2D eigenvalue weighted by Crippen LogP contribution is -2.41. The van der Waals surface area contributed by atoms with Gasteiger partial charge in [0.25, 0.3) is 0 Å². The largest absolute Gasteiger partial charge is 0.378 e. The van der Waals surface area contributed by atoms with Crippen LogP contribution in [0, 0.1) is 11.8 Å². The minimum absolute atomic E-state index is 0.493. The average molecular weight is 242 g/mol. The first kappa shape index (κ1) is 14.9. The number of nitrogens with one attached hydrogen (secondary N) is 1. The van der Waals surface area contributed by atoms with Crippen molar-refractivity contribution in [3.63, 3.8) is 0 Å². The fourth-order valence-electron chi connectivity index (χ4n) is 2.90. The van der Waals surface area contributed by atoms with Crippen LogP contribution in [-0.2, 0) is 4.74 Å². The van der Waals surface area contributed by atoms with E-state index in [2.05, 4.69) is 26.2 Å². The van der Waals surface area contributed by atoms with Crippen LogP contribution in [0.5, 0.6) is 0 Å². The topological polar surface area (TPSA) is 47.3 Å². The first-order chi connectivity index (χ1) is 8.23. The molecule has 17 heavy (non-hydrogen) atoms. The van der Waals surface area contributed by atoms with Crippen molar-refractivity contribution in [3.8, 4) is 0 Å². The maximum Gasteiger partial charge on any atom is 0.0580 e. The Kier molecular flexibility index (Phi) is 7.09. The summed E-state index contributed by atoms with van der Waals surface area (Å²) in [6.45, 7) is 7.47. The Morgan fingerprint density at radius 2 is 1.88 bits per heavy atom. The van der Waals surface area contributed by atoms with E-state index in [-0.39, 0.29) is 0 Å². The van der Waals surface area contributed by atoms with Crippen LogP contribution in [0.4, 0.5) is 0 Å². The molecule has 0 heterocycles. The molecule has 3 N–H and O–H groups in total. The van der Waals surface area contributed by atoms with Crippen LogP contribution in [0.3, 0.4) is 0 Å². The van der Waals surface area contributed by atoms with Gasteiger partial charge >= 0.3 is 0 Å². The van der Waals surface area contributed by atoms with Crippen LogP contribution in [0.15, 0.2) is 0 Å². The van der Waals surface area contributed by atoms with Gasteiger partial charge in [0, 0.05) is 12.6 Å². The summed E-state index contributed by atoms with van der Waals surface area (Å²) in [5, 5.41) is 0. The predicted octanol–water partition coefficient (Wildman–Crippen LogP) is 2.85. The molecule has 1 unspecified atom stereocenters. The SMILES string of the molecule is CCOC1CC(CC(CC(CC)CC)NN)C1. The molecule has 1 aliphatic carbocycles. The molecule has 1 saturated carbocycles. The van der Waals surface area contributed by atoms with Crippen molar-refractivity contribution >= 4 is 0 Å². The Morgan fingerprint density at radius 1 is 1.24 bits per heavy atom. The van der Waals surface area contributed by atoms with Gasteiger partial charge in [-0.2, -0.15) is 0 Å². The molecule has 0 saturated heterocycles. The molecule has 0 aromatic carbocycles. The summed E-state index contributed by atoms with van der Waals surface area (Å²) in [6, 6.07) is 0.493. The Morgan fingerprint density at radius 3 is 2.35 bits per heavy atom. The molecule has 102 valence electrons. The van der Waals surface area contributed by atoms with Gasteiger partial charge in [-0.3, -0.25) is 11.3 Å². The van der Waals surface area contributed by atoms with E-state index in [1.807, 2.05) is 0 Å². The Labute approximate surface area is 106 Å². The van der Waals surface area contributed by atoms with Crippen molar-refractivity contribution in [3.05, 3.63) is 0 Å². The molecule has 0 aromatic heterocycles. The Bertz CT molecular complexity index is 189. The first-order valence-corrected chi connectivity index (χ1v) is 7.31. The average Bonchev–Trinajstić information content (AvgIpc) is 2.31. The first-order valence-electron chi connectivity index (χ1n) is 7.31. The van der Waals surface area contributed by atoms with E-state index >= 15 is 0 Å². The number of nitrogens with two attached hydrogens (primary N) is 1. The summed E-state index contributed by atoms with van der Waals surface area (Å²) in [5.74, 6) is 7.31. The van der Waals surface area contributed by atoms with Crippen LogP contribution in [0.25, 0.3) is 0 Å². The zero-order valence-corrected chi connectivity index (χ0v) is 11.7. The van der Waals surface area contributed by atoms with E-state index in [0.717, 1.165) is 18.4 Å². The summed E-state index contributed by atoms with van der Waals surface area (Å²) < 4.78 is 5.60. The third-order valence-electron chi connectivity index (χ3n) is 4.22. The summed E-state index contributed by atoms with van der Waals surface area (Å²) >= 11 is 0. The highest BCUT2D eigenvalue weighted by Crippen LogP contribution is 2.34. The van der Waals surface area contributed by atoms with E-state index in [1.165, 1.54) is 38.5 Å².